The van der Waals surface area contributed by atoms with Crippen molar-refractivity contribution < 1.29 is 24.2 Å². The van der Waals surface area contributed by atoms with Crippen molar-refractivity contribution in [1.29, 1.82) is 0 Å². The van der Waals surface area contributed by atoms with Crippen LogP contribution in [0.25, 0.3) is 0 Å². The van der Waals surface area contributed by atoms with Gasteiger partial charge in [0.25, 0.3) is 0 Å². The number of benzene rings is 3. The molecule has 0 aliphatic carbocycles. The number of hydrogen-bond acceptors (Lipinski definition) is 5. The van der Waals surface area contributed by atoms with Crippen molar-refractivity contribution in [3.8, 4) is 11.5 Å². The smallest absolute Gasteiger partial charge is 0.309 e. The minimum absolute atomic E-state index is 0.0907. The number of carbonyl (C=O) groups is 2. The zero-order valence-corrected chi connectivity index (χ0v) is 23.5. The average Bonchev–Trinajstić information content (AvgIpc) is 3.58. The first-order valence-corrected chi connectivity index (χ1v) is 14.3. The quantitative estimate of drug-likeness (QED) is 0.328. The molecule has 2 aliphatic rings. The fraction of sp³-hybridized carbons (Fsp3) is 0.394. The monoisotopic (exact) mass is 542 g/mol. The Morgan fingerprint density at radius 2 is 1.60 bits per heavy atom. The molecule has 0 saturated carbocycles. The SMILES string of the molecule is CCCc1ccc([C@H]2C(C(=O)O)[C@@H](c3ccc4c(c3)OCO4)CN2CC(=O)Nc2c(CC)cccc2CC)cc1. The van der Waals surface area contributed by atoms with E-state index in [1.54, 1.807) is 0 Å². The van der Waals surface area contributed by atoms with E-state index in [1.165, 1.54) is 5.56 Å². The molecule has 0 radical (unpaired) electrons. The van der Waals surface area contributed by atoms with E-state index in [0.717, 1.165) is 53.6 Å². The predicted molar refractivity (Wildman–Crippen MR) is 155 cm³/mol. The predicted octanol–water partition coefficient (Wildman–Crippen LogP) is 5.97. The number of nitrogens with one attached hydrogen (secondary N) is 1. The van der Waals surface area contributed by atoms with Crippen LogP contribution in [0.15, 0.2) is 60.7 Å². The number of aryl methyl sites for hydroxylation is 3. The summed E-state index contributed by atoms with van der Waals surface area (Å²) < 4.78 is 11.1. The third-order valence-electron chi connectivity index (χ3n) is 8.18. The third kappa shape index (κ3) is 5.56. The van der Waals surface area contributed by atoms with E-state index in [-0.39, 0.29) is 25.2 Å². The topological polar surface area (TPSA) is 88.1 Å². The van der Waals surface area contributed by atoms with Crippen LogP contribution in [0.5, 0.6) is 11.5 Å². The third-order valence-corrected chi connectivity index (χ3v) is 8.18. The van der Waals surface area contributed by atoms with Crippen LogP contribution in [0.4, 0.5) is 5.69 Å². The summed E-state index contributed by atoms with van der Waals surface area (Å²) in [5.41, 5.74) is 6.07. The summed E-state index contributed by atoms with van der Waals surface area (Å²) in [5, 5.41) is 13.7. The zero-order chi connectivity index (χ0) is 28.2. The van der Waals surface area contributed by atoms with E-state index in [2.05, 4.69) is 38.2 Å². The number of amides is 1. The van der Waals surface area contributed by atoms with Crippen LogP contribution in [-0.4, -0.2) is 41.8 Å². The van der Waals surface area contributed by atoms with Crippen molar-refractivity contribution in [3.05, 3.63) is 88.5 Å². The second-order valence-corrected chi connectivity index (χ2v) is 10.7. The number of carbonyl (C=O) groups excluding carboxylic acids is 1. The number of anilines is 1. The van der Waals surface area contributed by atoms with E-state index in [0.29, 0.717) is 18.0 Å². The minimum Gasteiger partial charge on any atom is -0.481 e. The molecule has 3 atom stereocenters. The molecular formula is C33H38N2O5. The van der Waals surface area contributed by atoms with Crippen molar-refractivity contribution in [3.63, 3.8) is 0 Å². The number of ether oxygens (including phenoxy) is 2. The van der Waals surface area contributed by atoms with Gasteiger partial charge in [-0.05, 0) is 59.2 Å². The number of para-hydroxylation sites is 1. The van der Waals surface area contributed by atoms with E-state index < -0.39 is 17.9 Å². The van der Waals surface area contributed by atoms with Crippen LogP contribution >= 0.6 is 0 Å². The normalized spacial score (nSPS) is 20.0. The standard InChI is InChI=1S/C33H38N2O5/c1-4-8-21-11-13-24(14-12-21)32-30(33(37)38)26(25-15-16-27-28(17-25)40-20-39-27)18-35(32)19-29(36)34-31-22(5-2)9-7-10-23(31)6-3/h7,9-17,26,30,32H,4-6,8,18-20H2,1-3H3,(H,34,36)(H,37,38)/t26-,30?,32+/m1/s1. The van der Waals surface area contributed by atoms with Gasteiger partial charge in [-0.2, -0.15) is 0 Å². The maximum absolute atomic E-state index is 13.6. The van der Waals surface area contributed by atoms with Crippen LogP contribution in [-0.2, 0) is 28.9 Å². The van der Waals surface area contributed by atoms with E-state index in [1.807, 2.05) is 53.4 Å². The maximum atomic E-state index is 13.6. The summed E-state index contributed by atoms with van der Waals surface area (Å²) in [6.07, 6.45) is 3.63. The van der Waals surface area contributed by atoms with E-state index in [9.17, 15) is 14.7 Å². The Labute approximate surface area is 236 Å². The molecule has 1 fully saturated rings. The van der Waals surface area contributed by atoms with Crippen LogP contribution in [0, 0.1) is 5.92 Å². The Hall–Kier alpha value is -3.84. The van der Waals surface area contributed by atoms with Crippen molar-refractivity contribution in [2.75, 3.05) is 25.2 Å². The van der Waals surface area contributed by atoms with Crippen LogP contribution in [0.3, 0.4) is 0 Å². The number of carboxylic acid groups (broad SMARTS) is 1. The number of nitrogens with zero attached hydrogens (tertiary/aromatic N) is 1. The fourth-order valence-electron chi connectivity index (χ4n) is 6.21. The highest BCUT2D eigenvalue weighted by Crippen LogP contribution is 2.47. The number of rotatable bonds is 10. The first kappa shape index (κ1) is 27.7. The lowest BCUT2D eigenvalue weighted by Crippen LogP contribution is -2.35. The number of likely N-dealkylation sites (tertiary alicyclic amines) is 1. The van der Waals surface area contributed by atoms with Crippen molar-refractivity contribution >= 4 is 17.6 Å². The Balaban J connectivity index is 1.48. The molecule has 40 heavy (non-hydrogen) atoms. The molecule has 7 nitrogen and oxygen atoms in total. The van der Waals surface area contributed by atoms with Crippen LogP contribution < -0.4 is 14.8 Å². The summed E-state index contributed by atoms with van der Waals surface area (Å²) in [4.78, 5) is 28.5. The first-order chi connectivity index (χ1) is 19.4. The second-order valence-electron chi connectivity index (χ2n) is 10.7. The lowest BCUT2D eigenvalue weighted by atomic mass is 9.82. The summed E-state index contributed by atoms with van der Waals surface area (Å²) in [5.74, 6) is -0.791. The number of hydrogen-bond donors (Lipinski definition) is 2. The lowest BCUT2D eigenvalue weighted by molar-refractivity contribution is -0.143. The van der Waals surface area contributed by atoms with Gasteiger partial charge in [-0.1, -0.05) is 75.7 Å². The summed E-state index contributed by atoms with van der Waals surface area (Å²) in [6, 6.07) is 19.5. The molecule has 210 valence electrons. The number of carboxylic acids is 1. The van der Waals surface area contributed by atoms with Gasteiger partial charge in [0.1, 0.15) is 0 Å². The molecular weight excluding hydrogens is 504 g/mol. The molecule has 1 amide bonds. The molecule has 3 aromatic rings. The molecule has 0 aromatic heterocycles. The van der Waals surface area contributed by atoms with Gasteiger partial charge in [0, 0.05) is 24.2 Å². The lowest BCUT2D eigenvalue weighted by Gasteiger charge is -2.27. The largest absolute Gasteiger partial charge is 0.481 e. The highest BCUT2D eigenvalue weighted by molar-refractivity contribution is 5.94. The minimum atomic E-state index is -0.877. The average molecular weight is 543 g/mol. The molecule has 3 aromatic carbocycles. The van der Waals surface area contributed by atoms with E-state index >= 15 is 0 Å². The van der Waals surface area contributed by atoms with Gasteiger partial charge in [-0.3, -0.25) is 14.5 Å². The fourth-order valence-corrected chi connectivity index (χ4v) is 6.21. The zero-order valence-electron chi connectivity index (χ0n) is 23.5. The molecule has 0 bridgehead atoms. The molecule has 2 aliphatic heterocycles. The Kier molecular flexibility index (Phi) is 8.40. The Bertz CT molecular complexity index is 1350. The summed E-state index contributed by atoms with van der Waals surface area (Å²) >= 11 is 0. The van der Waals surface area contributed by atoms with Gasteiger partial charge in [0.05, 0.1) is 12.5 Å². The van der Waals surface area contributed by atoms with Gasteiger partial charge in [-0.25, -0.2) is 0 Å². The van der Waals surface area contributed by atoms with Gasteiger partial charge >= 0.3 is 5.97 Å². The Morgan fingerprint density at radius 3 is 2.25 bits per heavy atom. The van der Waals surface area contributed by atoms with Crippen molar-refractivity contribution in [2.45, 2.75) is 58.4 Å². The van der Waals surface area contributed by atoms with Gasteiger partial charge in [0.2, 0.25) is 12.7 Å². The molecule has 2 heterocycles. The molecule has 1 unspecified atom stereocenters. The maximum Gasteiger partial charge on any atom is 0.309 e. The van der Waals surface area contributed by atoms with Crippen LogP contribution in [0.1, 0.15) is 67.0 Å². The summed E-state index contributed by atoms with van der Waals surface area (Å²) in [6.45, 7) is 6.98. The molecule has 5 rings (SSSR count). The highest BCUT2D eigenvalue weighted by Gasteiger charge is 2.48. The molecule has 0 spiro atoms. The van der Waals surface area contributed by atoms with Gasteiger partial charge < -0.3 is 19.9 Å². The second kappa shape index (κ2) is 12.1. The summed E-state index contributed by atoms with van der Waals surface area (Å²) in [7, 11) is 0. The number of aliphatic carboxylic acids is 1. The molecule has 1 saturated heterocycles. The molecule has 2 N–H and O–H groups in total. The van der Waals surface area contributed by atoms with Crippen LogP contribution in [0.2, 0.25) is 0 Å². The highest BCUT2D eigenvalue weighted by atomic mass is 16.7. The number of fused-ring (bicyclic) bond motifs is 1. The molecule has 7 heteroatoms. The van der Waals surface area contributed by atoms with Gasteiger partial charge in [0.15, 0.2) is 11.5 Å². The first-order valence-electron chi connectivity index (χ1n) is 14.3. The van der Waals surface area contributed by atoms with E-state index in [4.69, 9.17) is 9.47 Å². The van der Waals surface area contributed by atoms with Crippen molar-refractivity contribution in [1.82, 2.24) is 4.90 Å². The van der Waals surface area contributed by atoms with Crippen molar-refractivity contribution in [2.24, 2.45) is 5.92 Å². The van der Waals surface area contributed by atoms with Gasteiger partial charge in [-0.15, -0.1) is 0 Å². The Morgan fingerprint density at radius 1 is 0.925 bits per heavy atom.